The first-order valence-electron chi connectivity index (χ1n) is 9.72. The molecule has 5 nitrogen and oxygen atoms in total. The molecule has 4 rings (SSSR count). The summed E-state index contributed by atoms with van der Waals surface area (Å²) in [5, 5.41) is 5.81. The molecule has 0 bridgehead atoms. The molecular formula is C23H18Cl2N2O3S3. The third-order valence-corrected chi connectivity index (χ3v) is 9.75. The van der Waals surface area contributed by atoms with Crippen molar-refractivity contribution in [2.45, 2.75) is 30.6 Å². The molecule has 1 N–H and O–H groups in total. The van der Waals surface area contributed by atoms with Crippen LogP contribution in [-0.4, -0.2) is 19.3 Å². The van der Waals surface area contributed by atoms with Crippen molar-refractivity contribution in [3.05, 3.63) is 78.8 Å². The van der Waals surface area contributed by atoms with Gasteiger partial charge in [-0.1, -0.05) is 35.3 Å². The van der Waals surface area contributed by atoms with Gasteiger partial charge in [0.05, 0.1) is 20.4 Å². The van der Waals surface area contributed by atoms with Crippen LogP contribution in [0.2, 0.25) is 10.0 Å². The van der Waals surface area contributed by atoms with Crippen molar-refractivity contribution < 1.29 is 13.2 Å². The molecule has 0 aliphatic heterocycles. The number of nitrogens with one attached hydrogen (secondary N) is 1. The van der Waals surface area contributed by atoms with E-state index in [0.717, 1.165) is 33.0 Å². The van der Waals surface area contributed by atoms with Crippen LogP contribution < -0.4 is 5.32 Å². The molecule has 0 aliphatic rings. The number of carbonyl (C=O) groups excluding carboxylic acids is 1. The Morgan fingerprint density at radius 1 is 1.03 bits per heavy atom. The van der Waals surface area contributed by atoms with E-state index in [-0.39, 0.29) is 9.79 Å². The fourth-order valence-electron chi connectivity index (χ4n) is 3.24. The summed E-state index contributed by atoms with van der Waals surface area (Å²) >= 11 is 14.5. The molecule has 0 spiro atoms. The molecule has 0 unspecified atom stereocenters. The van der Waals surface area contributed by atoms with Crippen molar-refractivity contribution in [1.82, 2.24) is 4.98 Å². The molecule has 10 heteroatoms. The molecule has 2 aromatic carbocycles. The minimum absolute atomic E-state index is 0.102. The van der Waals surface area contributed by atoms with E-state index in [4.69, 9.17) is 23.2 Å². The van der Waals surface area contributed by atoms with Gasteiger partial charge in [-0.15, -0.1) is 22.7 Å². The Morgan fingerprint density at radius 2 is 1.73 bits per heavy atom. The molecule has 170 valence electrons. The van der Waals surface area contributed by atoms with Gasteiger partial charge in [0.1, 0.15) is 0 Å². The van der Waals surface area contributed by atoms with Crippen LogP contribution in [0.1, 0.15) is 25.7 Å². The number of benzene rings is 2. The molecule has 0 fully saturated rings. The lowest BCUT2D eigenvalue weighted by molar-refractivity contribution is 0.103. The van der Waals surface area contributed by atoms with Gasteiger partial charge < -0.3 is 0 Å². The third-order valence-electron chi connectivity index (χ3n) is 5.08. The van der Waals surface area contributed by atoms with Gasteiger partial charge in [0.25, 0.3) is 5.91 Å². The Labute approximate surface area is 210 Å². The van der Waals surface area contributed by atoms with Crippen molar-refractivity contribution in [3.8, 4) is 11.3 Å². The topological polar surface area (TPSA) is 76.1 Å². The first kappa shape index (κ1) is 23.9. The zero-order valence-electron chi connectivity index (χ0n) is 17.8. The highest BCUT2D eigenvalue weighted by Crippen LogP contribution is 2.34. The predicted octanol–water partition coefficient (Wildman–Crippen LogP) is 7.19. The van der Waals surface area contributed by atoms with Crippen LogP contribution in [0.5, 0.6) is 0 Å². The van der Waals surface area contributed by atoms with Gasteiger partial charge in [-0.2, -0.15) is 0 Å². The largest absolute Gasteiger partial charge is 0.297 e. The maximum atomic E-state index is 13.0. The van der Waals surface area contributed by atoms with Gasteiger partial charge in [0.2, 0.25) is 9.84 Å². The normalized spacial score (nSPS) is 11.5. The van der Waals surface area contributed by atoms with Gasteiger partial charge in [-0.25, -0.2) is 13.4 Å². The molecule has 2 heterocycles. The number of aromatic nitrogens is 1. The summed E-state index contributed by atoms with van der Waals surface area (Å²) in [6.45, 7) is 5.47. The summed E-state index contributed by atoms with van der Waals surface area (Å²) < 4.78 is 26.1. The average molecular weight is 538 g/mol. The highest BCUT2D eigenvalue weighted by molar-refractivity contribution is 7.91. The molecule has 0 saturated heterocycles. The van der Waals surface area contributed by atoms with Crippen LogP contribution in [0, 0.1) is 20.8 Å². The molecule has 4 aromatic rings. The molecular weight excluding hydrogens is 519 g/mol. The number of rotatable bonds is 5. The first-order valence-corrected chi connectivity index (χ1v) is 13.7. The summed E-state index contributed by atoms with van der Waals surface area (Å²) in [7, 11) is -3.77. The highest BCUT2D eigenvalue weighted by atomic mass is 35.5. The number of hydrogen-bond acceptors (Lipinski definition) is 6. The minimum atomic E-state index is -3.77. The fraction of sp³-hybridized carbons (Fsp3) is 0.130. The van der Waals surface area contributed by atoms with Crippen LogP contribution in [0.4, 0.5) is 5.13 Å². The number of hydrogen-bond donors (Lipinski definition) is 1. The van der Waals surface area contributed by atoms with E-state index in [1.54, 1.807) is 6.92 Å². The standard InChI is InChI=1S/C23H18Cl2N2O3S3/c1-12-4-5-15(10-18(12)25)20-14(3)32-23(26-20)27-22(28)21-13(2)19(11-31-21)33(29,30)17-8-6-16(24)7-9-17/h4-11H,1-3H3,(H,26,27,28). The third kappa shape index (κ3) is 4.72. The number of aryl methyl sites for hydroxylation is 2. The second kappa shape index (κ2) is 9.19. The molecule has 0 aliphatic carbocycles. The van der Waals surface area contributed by atoms with Crippen molar-refractivity contribution in [3.63, 3.8) is 0 Å². The number of halogens is 2. The van der Waals surface area contributed by atoms with Crippen LogP contribution in [0.15, 0.2) is 57.6 Å². The molecule has 33 heavy (non-hydrogen) atoms. The molecule has 1 amide bonds. The van der Waals surface area contributed by atoms with E-state index < -0.39 is 15.7 Å². The van der Waals surface area contributed by atoms with Gasteiger partial charge in [-0.3, -0.25) is 10.1 Å². The number of nitrogens with zero attached hydrogens (tertiary/aromatic N) is 1. The average Bonchev–Trinajstić information content (AvgIpc) is 3.33. The van der Waals surface area contributed by atoms with E-state index in [1.165, 1.54) is 41.0 Å². The number of anilines is 1. The minimum Gasteiger partial charge on any atom is -0.297 e. The summed E-state index contributed by atoms with van der Waals surface area (Å²) in [6.07, 6.45) is 0. The van der Waals surface area contributed by atoms with E-state index >= 15 is 0 Å². The van der Waals surface area contributed by atoms with E-state index in [9.17, 15) is 13.2 Å². The number of carbonyl (C=O) groups is 1. The maximum Gasteiger partial charge on any atom is 0.267 e. The molecule has 0 atom stereocenters. The van der Waals surface area contributed by atoms with Crippen molar-refractivity contribution in [1.29, 1.82) is 0 Å². The van der Waals surface area contributed by atoms with E-state index in [0.29, 0.717) is 25.6 Å². The van der Waals surface area contributed by atoms with Crippen LogP contribution in [0.25, 0.3) is 11.3 Å². The second-order valence-electron chi connectivity index (χ2n) is 7.35. The lowest BCUT2D eigenvalue weighted by Gasteiger charge is -2.05. The van der Waals surface area contributed by atoms with Crippen molar-refractivity contribution in [2.24, 2.45) is 0 Å². The van der Waals surface area contributed by atoms with Gasteiger partial charge in [0, 0.05) is 25.9 Å². The Kier molecular flexibility index (Phi) is 6.66. The molecule has 0 saturated carbocycles. The summed E-state index contributed by atoms with van der Waals surface area (Å²) in [5.41, 5.74) is 2.97. The summed E-state index contributed by atoms with van der Waals surface area (Å²) in [4.78, 5) is 19.0. The highest BCUT2D eigenvalue weighted by Gasteiger charge is 2.26. The lowest BCUT2D eigenvalue weighted by Crippen LogP contribution is -2.12. The zero-order chi connectivity index (χ0) is 23.9. The van der Waals surface area contributed by atoms with Crippen LogP contribution in [0.3, 0.4) is 0 Å². The van der Waals surface area contributed by atoms with E-state index in [1.807, 2.05) is 32.0 Å². The number of thiophene rings is 1. The van der Waals surface area contributed by atoms with E-state index in [2.05, 4.69) is 10.3 Å². The van der Waals surface area contributed by atoms with Gasteiger partial charge in [-0.05, 0) is 62.2 Å². The maximum absolute atomic E-state index is 13.0. The number of amides is 1. The van der Waals surface area contributed by atoms with Crippen LogP contribution in [-0.2, 0) is 9.84 Å². The second-order valence-corrected chi connectivity index (χ2v) is 12.2. The Balaban J connectivity index is 1.60. The Bertz CT molecular complexity index is 1470. The Hall–Kier alpha value is -2.23. The van der Waals surface area contributed by atoms with Crippen molar-refractivity contribution >= 4 is 66.8 Å². The first-order chi connectivity index (χ1) is 15.6. The van der Waals surface area contributed by atoms with Gasteiger partial charge >= 0.3 is 0 Å². The van der Waals surface area contributed by atoms with Crippen molar-refractivity contribution in [2.75, 3.05) is 5.32 Å². The number of sulfone groups is 1. The summed E-state index contributed by atoms with van der Waals surface area (Å²) in [6, 6.07) is 11.7. The fourth-order valence-corrected chi connectivity index (χ4v) is 7.20. The summed E-state index contributed by atoms with van der Waals surface area (Å²) in [5.74, 6) is -0.405. The van der Waals surface area contributed by atoms with Gasteiger partial charge in [0.15, 0.2) is 5.13 Å². The molecule has 2 aromatic heterocycles. The molecule has 0 radical (unpaired) electrons. The SMILES string of the molecule is Cc1ccc(-c2nc(NC(=O)c3scc(S(=O)(=O)c4ccc(Cl)cc4)c3C)sc2C)cc1Cl. The monoisotopic (exact) mass is 536 g/mol. The zero-order valence-corrected chi connectivity index (χ0v) is 21.7. The smallest absolute Gasteiger partial charge is 0.267 e. The number of thiazole rings is 1. The lowest BCUT2D eigenvalue weighted by atomic mass is 10.1. The van der Waals surface area contributed by atoms with Crippen LogP contribution >= 0.6 is 45.9 Å². The Morgan fingerprint density at radius 3 is 2.39 bits per heavy atom. The predicted molar refractivity (Wildman–Crippen MR) is 136 cm³/mol. The quantitative estimate of drug-likeness (QED) is 0.292.